The van der Waals surface area contributed by atoms with Crippen LogP contribution < -0.4 is 0 Å². The molecule has 0 amide bonds. The zero-order chi connectivity index (χ0) is 8.06. The van der Waals surface area contributed by atoms with Crippen molar-refractivity contribution in [3.05, 3.63) is 0 Å². The smallest absolute Gasteiger partial charge is 0.211 e. The molecular weight excluding hydrogens is 166 g/mol. The van der Waals surface area contributed by atoms with Crippen molar-refractivity contribution in [3.63, 3.8) is 0 Å². The summed E-state index contributed by atoms with van der Waals surface area (Å²) in [5.74, 6) is 0. The number of morpholine rings is 1. The van der Waals surface area contributed by atoms with Crippen molar-refractivity contribution in [2.45, 2.75) is 18.6 Å². The Morgan fingerprint density at radius 2 is 1.82 bits per heavy atom. The minimum atomic E-state index is -2.98. The number of hydrogen-bond acceptors (Lipinski definition) is 3. The maximum atomic E-state index is 11.0. The fourth-order valence-corrected chi connectivity index (χ4v) is 2.46. The molecule has 64 valence electrons. The van der Waals surface area contributed by atoms with E-state index >= 15 is 0 Å². The van der Waals surface area contributed by atoms with Crippen LogP contribution in [0.1, 0.15) is 6.42 Å². The molecule has 3 heterocycles. The molecule has 0 aromatic carbocycles. The zero-order valence-electron chi connectivity index (χ0n) is 6.36. The van der Waals surface area contributed by atoms with Gasteiger partial charge in [-0.1, -0.05) is 0 Å². The van der Waals surface area contributed by atoms with Crippen LogP contribution in [0.5, 0.6) is 0 Å². The molecule has 11 heavy (non-hydrogen) atoms. The Balaban J connectivity index is 2.09. The van der Waals surface area contributed by atoms with Gasteiger partial charge >= 0.3 is 0 Å². The van der Waals surface area contributed by atoms with Crippen molar-refractivity contribution in [2.24, 2.45) is 0 Å². The summed E-state index contributed by atoms with van der Waals surface area (Å²) in [6, 6.07) is 0. The Bertz CT molecular complexity index is 245. The molecule has 0 aromatic heterocycles. The van der Waals surface area contributed by atoms with E-state index in [1.165, 1.54) is 10.6 Å². The largest absolute Gasteiger partial charge is 0.372 e. The fraction of sp³-hybridized carbons (Fsp3) is 1.00. The first-order valence-electron chi connectivity index (χ1n) is 3.66. The highest BCUT2D eigenvalue weighted by Gasteiger charge is 2.41. The first-order valence-corrected chi connectivity index (χ1v) is 5.51. The molecule has 0 aliphatic carbocycles. The maximum absolute atomic E-state index is 11.0. The molecular formula is C6H11NO3S. The number of fused-ring (bicyclic) bond motifs is 2. The molecule has 2 bridgehead atoms. The number of nitrogens with zero attached hydrogens (tertiary/aromatic N) is 1. The van der Waals surface area contributed by atoms with Crippen LogP contribution in [0.4, 0.5) is 0 Å². The minimum Gasteiger partial charge on any atom is -0.372 e. The summed E-state index contributed by atoms with van der Waals surface area (Å²) in [6.07, 6.45) is 2.62. The highest BCUT2D eigenvalue weighted by molar-refractivity contribution is 7.88. The second kappa shape index (κ2) is 2.18. The summed E-state index contributed by atoms with van der Waals surface area (Å²) >= 11 is 0. The van der Waals surface area contributed by atoms with E-state index in [2.05, 4.69) is 0 Å². The summed E-state index contributed by atoms with van der Waals surface area (Å²) in [4.78, 5) is 0. The highest BCUT2D eigenvalue weighted by Crippen LogP contribution is 2.28. The standard InChI is InChI=1S/C6H11NO3S/c1-11(8,9)7-3-5-2-6(4-7)10-5/h5-6H,2-4H2,1H3. The lowest BCUT2D eigenvalue weighted by atomic mass is 10.0. The molecule has 0 aromatic rings. The third-order valence-corrected chi connectivity index (χ3v) is 3.43. The van der Waals surface area contributed by atoms with E-state index < -0.39 is 10.0 Å². The lowest BCUT2D eigenvalue weighted by molar-refractivity contribution is -0.164. The molecule has 3 aliphatic rings. The van der Waals surface area contributed by atoms with Crippen molar-refractivity contribution in [2.75, 3.05) is 19.3 Å². The van der Waals surface area contributed by atoms with Crippen LogP contribution in [0, 0.1) is 0 Å². The Morgan fingerprint density at radius 1 is 1.36 bits per heavy atom. The van der Waals surface area contributed by atoms with Gasteiger partial charge in [-0.25, -0.2) is 8.42 Å². The van der Waals surface area contributed by atoms with Crippen molar-refractivity contribution in [1.29, 1.82) is 0 Å². The van der Waals surface area contributed by atoms with Gasteiger partial charge in [-0.05, 0) is 0 Å². The second-order valence-corrected chi connectivity index (χ2v) is 5.18. The van der Waals surface area contributed by atoms with E-state index in [-0.39, 0.29) is 12.2 Å². The van der Waals surface area contributed by atoms with Gasteiger partial charge in [-0.15, -0.1) is 0 Å². The number of piperidine rings is 1. The molecule has 5 heteroatoms. The van der Waals surface area contributed by atoms with E-state index in [1.807, 2.05) is 0 Å². The average molecular weight is 177 g/mol. The molecule has 2 atom stereocenters. The van der Waals surface area contributed by atoms with Gasteiger partial charge in [-0.3, -0.25) is 0 Å². The lowest BCUT2D eigenvalue weighted by Gasteiger charge is -2.45. The number of hydrogen-bond donors (Lipinski definition) is 0. The molecule has 0 spiro atoms. The second-order valence-electron chi connectivity index (χ2n) is 3.20. The lowest BCUT2D eigenvalue weighted by Crippen LogP contribution is -2.58. The van der Waals surface area contributed by atoms with E-state index in [0.717, 1.165) is 6.42 Å². The van der Waals surface area contributed by atoms with Gasteiger partial charge in [-0.2, -0.15) is 4.31 Å². The molecule has 4 nitrogen and oxygen atoms in total. The van der Waals surface area contributed by atoms with Crippen LogP contribution in [0.3, 0.4) is 0 Å². The first-order chi connectivity index (χ1) is 5.05. The molecule has 3 saturated heterocycles. The maximum Gasteiger partial charge on any atom is 0.211 e. The average Bonchev–Trinajstić information content (AvgIpc) is 1.84. The zero-order valence-corrected chi connectivity index (χ0v) is 7.17. The van der Waals surface area contributed by atoms with Crippen LogP contribution in [0.2, 0.25) is 0 Å². The Morgan fingerprint density at radius 3 is 2.09 bits per heavy atom. The van der Waals surface area contributed by atoms with Gasteiger partial charge in [0, 0.05) is 19.5 Å². The monoisotopic (exact) mass is 177 g/mol. The topological polar surface area (TPSA) is 46.6 Å². The number of ether oxygens (including phenoxy) is 1. The molecule has 3 rings (SSSR count). The van der Waals surface area contributed by atoms with Gasteiger partial charge < -0.3 is 4.74 Å². The molecule has 0 N–H and O–H groups in total. The third-order valence-electron chi connectivity index (χ3n) is 2.19. The van der Waals surface area contributed by atoms with Gasteiger partial charge in [0.05, 0.1) is 18.5 Å². The predicted octanol–water partition coefficient (Wildman–Crippen LogP) is -0.581. The van der Waals surface area contributed by atoms with Gasteiger partial charge in [0.2, 0.25) is 10.0 Å². The van der Waals surface area contributed by atoms with Gasteiger partial charge in [0.15, 0.2) is 0 Å². The third kappa shape index (κ3) is 1.28. The van der Waals surface area contributed by atoms with Gasteiger partial charge in [0.1, 0.15) is 0 Å². The summed E-state index contributed by atoms with van der Waals surface area (Å²) in [7, 11) is -2.98. The summed E-state index contributed by atoms with van der Waals surface area (Å²) in [5, 5.41) is 0. The highest BCUT2D eigenvalue weighted by atomic mass is 32.2. The minimum absolute atomic E-state index is 0.170. The number of sulfonamides is 1. The molecule has 2 unspecified atom stereocenters. The Hall–Kier alpha value is -0.130. The van der Waals surface area contributed by atoms with Crippen molar-refractivity contribution in [1.82, 2.24) is 4.31 Å². The van der Waals surface area contributed by atoms with Crippen molar-refractivity contribution >= 4 is 10.0 Å². The van der Waals surface area contributed by atoms with Crippen LogP contribution in [0.25, 0.3) is 0 Å². The van der Waals surface area contributed by atoms with Crippen molar-refractivity contribution < 1.29 is 13.2 Å². The first kappa shape index (κ1) is 7.52. The molecule has 0 radical (unpaired) electrons. The summed E-state index contributed by atoms with van der Waals surface area (Å²) in [6.45, 7) is 1.10. The Labute approximate surface area is 66.2 Å². The van der Waals surface area contributed by atoms with E-state index in [1.54, 1.807) is 0 Å². The normalized spacial score (nSPS) is 38.3. The van der Waals surface area contributed by atoms with E-state index in [9.17, 15) is 8.42 Å². The molecule has 0 saturated carbocycles. The van der Waals surface area contributed by atoms with Crippen LogP contribution in [-0.4, -0.2) is 44.3 Å². The Kier molecular flexibility index (Phi) is 1.49. The van der Waals surface area contributed by atoms with E-state index in [0.29, 0.717) is 13.1 Å². The SMILES string of the molecule is CS(=O)(=O)N1CC2CC(C1)O2. The summed E-state index contributed by atoms with van der Waals surface area (Å²) < 4.78 is 28.8. The van der Waals surface area contributed by atoms with Crippen LogP contribution in [0.15, 0.2) is 0 Å². The fourth-order valence-electron chi connectivity index (χ4n) is 1.59. The predicted molar refractivity (Wildman–Crippen MR) is 39.7 cm³/mol. The van der Waals surface area contributed by atoms with Crippen molar-refractivity contribution in [3.8, 4) is 0 Å². The van der Waals surface area contributed by atoms with E-state index in [4.69, 9.17) is 4.74 Å². The molecule has 3 fully saturated rings. The van der Waals surface area contributed by atoms with Crippen LogP contribution in [-0.2, 0) is 14.8 Å². The quantitative estimate of drug-likeness (QED) is 0.538. The van der Waals surface area contributed by atoms with Gasteiger partial charge in [0.25, 0.3) is 0 Å². The van der Waals surface area contributed by atoms with Crippen LogP contribution >= 0.6 is 0 Å². The summed E-state index contributed by atoms with van der Waals surface area (Å²) in [5.41, 5.74) is 0. The number of rotatable bonds is 1. The molecule has 3 aliphatic heterocycles.